The molecule has 5 rings (SSSR count). The Balaban J connectivity index is 1.32. The van der Waals surface area contributed by atoms with Crippen molar-refractivity contribution < 1.29 is 19.1 Å². The lowest BCUT2D eigenvalue weighted by Gasteiger charge is -2.39. The van der Waals surface area contributed by atoms with Gasteiger partial charge in [0.15, 0.2) is 0 Å². The van der Waals surface area contributed by atoms with Gasteiger partial charge >= 0.3 is 5.97 Å². The smallest absolute Gasteiger partial charge is 0.307 e. The van der Waals surface area contributed by atoms with Crippen LogP contribution in [0.1, 0.15) is 70.6 Å². The number of hydrogen-bond acceptors (Lipinski definition) is 7. The fraction of sp³-hybridized carbons (Fsp3) is 0.542. The van der Waals surface area contributed by atoms with Crippen molar-refractivity contribution in [1.29, 1.82) is 0 Å². The van der Waals surface area contributed by atoms with Crippen LogP contribution >= 0.6 is 11.3 Å². The number of fused-ring (bicyclic) bond motifs is 1. The van der Waals surface area contributed by atoms with Crippen molar-refractivity contribution >= 4 is 29.1 Å². The molecule has 2 aromatic rings. The summed E-state index contributed by atoms with van der Waals surface area (Å²) in [7, 11) is 0. The van der Waals surface area contributed by atoms with E-state index in [1.807, 2.05) is 18.0 Å². The number of aryl methyl sites for hydroxylation is 1. The number of nitrogens with zero attached hydrogens (tertiary/aromatic N) is 3. The van der Waals surface area contributed by atoms with Gasteiger partial charge in [-0.05, 0) is 55.7 Å². The third-order valence-corrected chi connectivity index (χ3v) is 8.08. The molecule has 0 bridgehead atoms. The molecule has 4 heterocycles. The van der Waals surface area contributed by atoms with E-state index >= 15 is 0 Å². The molecule has 0 radical (unpaired) electrons. The predicted octanol–water partition coefficient (Wildman–Crippen LogP) is 2.93. The summed E-state index contributed by atoms with van der Waals surface area (Å²) in [6, 6.07) is 0. The first-order valence-electron chi connectivity index (χ1n) is 11.6. The number of ether oxygens (including phenoxy) is 1. The van der Waals surface area contributed by atoms with E-state index in [1.54, 1.807) is 11.7 Å². The molecule has 2 fully saturated rings. The number of aromatic nitrogens is 2. The van der Waals surface area contributed by atoms with Crippen molar-refractivity contribution in [2.45, 2.75) is 70.6 Å². The highest BCUT2D eigenvalue weighted by molar-refractivity contribution is 7.11. The second-order valence-corrected chi connectivity index (χ2v) is 10.1. The van der Waals surface area contributed by atoms with Crippen LogP contribution in [-0.2, 0) is 33.8 Å². The Hall–Kier alpha value is -2.81. The van der Waals surface area contributed by atoms with E-state index in [4.69, 9.17) is 4.74 Å². The van der Waals surface area contributed by atoms with Gasteiger partial charge in [-0.1, -0.05) is 6.42 Å². The lowest BCUT2D eigenvalue weighted by atomic mass is 9.75. The van der Waals surface area contributed by atoms with E-state index < -0.39 is 5.60 Å². The van der Waals surface area contributed by atoms with Crippen LogP contribution in [0.3, 0.4) is 0 Å². The molecule has 8 nitrogen and oxygen atoms in total. The predicted molar refractivity (Wildman–Crippen MR) is 121 cm³/mol. The van der Waals surface area contributed by atoms with Gasteiger partial charge in [-0.3, -0.25) is 24.4 Å². The van der Waals surface area contributed by atoms with Crippen molar-refractivity contribution in [3.05, 3.63) is 45.2 Å². The second-order valence-electron chi connectivity index (χ2n) is 9.24. The van der Waals surface area contributed by atoms with E-state index in [1.165, 1.54) is 11.3 Å². The van der Waals surface area contributed by atoms with Gasteiger partial charge in [0.2, 0.25) is 5.91 Å². The average molecular weight is 469 g/mol. The maximum Gasteiger partial charge on any atom is 0.307 e. The monoisotopic (exact) mass is 468 g/mol. The van der Waals surface area contributed by atoms with E-state index in [0.29, 0.717) is 30.9 Å². The molecule has 2 amide bonds. The molecular weight excluding hydrogens is 440 g/mol. The summed E-state index contributed by atoms with van der Waals surface area (Å²) >= 11 is 1.31. The van der Waals surface area contributed by atoms with E-state index in [9.17, 15) is 14.4 Å². The Morgan fingerprint density at radius 2 is 2.09 bits per heavy atom. The van der Waals surface area contributed by atoms with Gasteiger partial charge in [0, 0.05) is 31.5 Å². The molecule has 33 heavy (non-hydrogen) atoms. The van der Waals surface area contributed by atoms with E-state index in [2.05, 4.69) is 15.3 Å². The fourth-order valence-electron chi connectivity index (χ4n) is 5.55. The summed E-state index contributed by atoms with van der Waals surface area (Å²) < 4.78 is 5.76. The molecule has 1 saturated carbocycles. The Kier molecular flexibility index (Phi) is 5.90. The molecule has 1 spiro atoms. The van der Waals surface area contributed by atoms with Crippen molar-refractivity contribution in [3.63, 3.8) is 0 Å². The van der Waals surface area contributed by atoms with Gasteiger partial charge < -0.3 is 15.0 Å². The number of esters is 1. The van der Waals surface area contributed by atoms with Gasteiger partial charge in [-0.25, -0.2) is 0 Å². The van der Waals surface area contributed by atoms with Crippen molar-refractivity contribution in [3.8, 4) is 0 Å². The molecule has 0 aromatic carbocycles. The fourth-order valence-corrected chi connectivity index (χ4v) is 6.09. The number of thiazole rings is 1. The van der Waals surface area contributed by atoms with Gasteiger partial charge in [0.1, 0.15) is 10.5 Å². The largest absolute Gasteiger partial charge is 0.458 e. The minimum Gasteiger partial charge on any atom is -0.458 e. The van der Waals surface area contributed by atoms with Crippen molar-refractivity contribution in [2.24, 2.45) is 5.92 Å². The van der Waals surface area contributed by atoms with Crippen LogP contribution in [0, 0.1) is 12.8 Å². The molecule has 3 aliphatic rings. The Bertz CT molecular complexity index is 1080. The SMILES string of the molecule is Cc1ncc2c(c1CNC(=O)c1cncs1)CCN(C(=O)[C@H]1CC(=O)OC13CCCCC3)C2. The molecule has 174 valence electrons. The zero-order valence-electron chi connectivity index (χ0n) is 18.8. The number of carbonyl (C=O) groups is 3. The molecule has 1 N–H and O–H groups in total. The Morgan fingerprint density at radius 3 is 2.85 bits per heavy atom. The lowest BCUT2D eigenvalue weighted by molar-refractivity contribution is -0.156. The summed E-state index contributed by atoms with van der Waals surface area (Å²) in [5.74, 6) is -0.757. The first-order chi connectivity index (χ1) is 16.0. The van der Waals surface area contributed by atoms with Crippen LogP contribution in [-0.4, -0.2) is 44.8 Å². The highest BCUT2D eigenvalue weighted by Gasteiger charge is 2.54. The van der Waals surface area contributed by atoms with Crippen molar-refractivity contribution in [1.82, 2.24) is 20.2 Å². The van der Waals surface area contributed by atoms with Gasteiger partial charge in [-0.15, -0.1) is 11.3 Å². The molecule has 2 aliphatic heterocycles. The zero-order valence-corrected chi connectivity index (χ0v) is 19.6. The highest BCUT2D eigenvalue weighted by Crippen LogP contribution is 2.45. The molecule has 1 aliphatic carbocycles. The topological polar surface area (TPSA) is 101 Å². The highest BCUT2D eigenvalue weighted by atomic mass is 32.1. The molecule has 1 atom stereocenters. The minimum atomic E-state index is -0.607. The molecule has 0 unspecified atom stereocenters. The number of pyridine rings is 1. The van der Waals surface area contributed by atoms with Gasteiger partial charge in [0.25, 0.3) is 5.91 Å². The number of nitrogens with one attached hydrogen (secondary N) is 1. The van der Waals surface area contributed by atoms with Crippen LogP contribution in [0.15, 0.2) is 17.9 Å². The maximum atomic E-state index is 13.5. The molecule has 9 heteroatoms. The average Bonchev–Trinajstić information content (AvgIpc) is 3.46. The first kappa shape index (κ1) is 22.0. The number of hydrogen-bond donors (Lipinski definition) is 1. The van der Waals surface area contributed by atoms with Gasteiger partial charge in [0.05, 0.1) is 24.0 Å². The number of amides is 2. The summed E-state index contributed by atoms with van der Waals surface area (Å²) in [5.41, 5.74) is 5.09. The quantitative estimate of drug-likeness (QED) is 0.693. The van der Waals surface area contributed by atoms with Crippen molar-refractivity contribution in [2.75, 3.05) is 6.54 Å². The lowest BCUT2D eigenvalue weighted by Crippen LogP contribution is -2.48. The minimum absolute atomic E-state index is 0.0222. The third-order valence-electron chi connectivity index (χ3n) is 7.31. The molecular formula is C24H28N4O4S. The summed E-state index contributed by atoms with van der Waals surface area (Å²) in [4.78, 5) is 49.0. The van der Waals surface area contributed by atoms with E-state index in [-0.39, 0.29) is 30.1 Å². The second kappa shape index (κ2) is 8.85. The van der Waals surface area contributed by atoms with Gasteiger partial charge in [-0.2, -0.15) is 0 Å². The third kappa shape index (κ3) is 4.14. The normalized spacial score (nSPS) is 21.5. The van der Waals surface area contributed by atoms with Crippen LogP contribution in [0.5, 0.6) is 0 Å². The molecule has 1 saturated heterocycles. The Morgan fingerprint density at radius 1 is 1.27 bits per heavy atom. The van der Waals surface area contributed by atoms with Crippen LogP contribution in [0.2, 0.25) is 0 Å². The zero-order chi connectivity index (χ0) is 23.0. The van der Waals surface area contributed by atoms with Crippen LogP contribution in [0.4, 0.5) is 0 Å². The number of rotatable bonds is 4. The summed E-state index contributed by atoms with van der Waals surface area (Å²) in [6.07, 6.45) is 8.97. The standard InChI is InChI=1S/C24H28N4O4S/c1-15-18(11-27-22(30)20-12-25-14-33-20)17-5-8-28(13-16(17)10-26-15)23(31)19-9-21(29)32-24(19)6-3-2-4-7-24/h10,12,14,19H,2-9,11,13H2,1H3,(H,27,30)/t19-/m1/s1. The maximum absolute atomic E-state index is 13.5. The Labute approximate surface area is 196 Å². The summed E-state index contributed by atoms with van der Waals surface area (Å²) in [6.45, 7) is 3.39. The summed E-state index contributed by atoms with van der Waals surface area (Å²) in [5, 5.41) is 2.97. The molecule has 2 aromatic heterocycles. The van der Waals surface area contributed by atoms with E-state index in [0.717, 1.165) is 54.5 Å². The number of carbonyl (C=O) groups excluding carboxylic acids is 3. The van der Waals surface area contributed by atoms with Crippen LogP contribution in [0.25, 0.3) is 0 Å². The van der Waals surface area contributed by atoms with Crippen LogP contribution < -0.4 is 5.32 Å². The first-order valence-corrected chi connectivity index (χ1v) is 12.5.